The molecule has 2 heterocycles. The van der Waals surface area contributed by atoms with Crippen LogP contribution in [0.3, 0.4) is 0 Å². The lowest BCUT2D eigenvalue weighted by atomic mass is 9.91. The minimum Gasteiger partial charge on any atom is -0.497 e. The van der Waals surface area contributed by atoms with Gasteiger partial charge in [0.15, 0.2) is 17.6 Å². The molecular weight excluding hydrogens is 490 g/mol. The molecule has 0 spiro atoms. The average Bonchev–Trinajstić information content (AvgIpc) is 3.60. The predicted octanol–water partition coefficient (Wildman–Crippen LogP) is 2.94. The van der Waals surface area contributed by atoms with Gasteiger partial charge < -0.3 is 34.7 Å². The SMILES string of the molecule is COc1ccc2c(c1)O[C@@H](C(=O)NC(C)(C)CO)C[C@H]2NC(=O)C1(c2ccc3c(c2)OC(F)(F)O3)CC1. The van der Waals surface area contributed by atoms with Gasteiger partial charge in [-0.05, 0) is 56.5 Å². The first-order valence-electron chi connectivity index (χ1n) is 11.9. The molecule has 0 unspecified atom stereocenters. The highest BCUT2D eigenvalue weighted by Crippen LogP contribution is 2.52. The van der Waals surface area contributed by atoms with Crippen LogP contribution in [-0.4, -0.2) is 48.6 Å². The van der Waals surface area contributed by atoms with Gasteiger partial charge in [-0.25, -0.2) is 0 Å². The molecule has 0 bridgehead atoms. The van der Waals surface area contributed by atoms with Crippen LogP contribution in [0.1, 0.15) is 50.3 Å². The van der Waals surface area contributed by atoms with E-state index < -0.39 is 35.3 Å². The van der Waals surface area contributed by atoms with Crippen LogP contribution in [0.5, 0.6) is 23.0 Å². The molecule has 3 aliphatic rings. The summed E-state index contributed by atoms with van der Waals surface area (Å²) < 4.78 is 47.2. The molecule has 0 radical (unpaired) electrons. The standard InChI is InChI=1S/C26H28F2N2O7/c1-24(2,13-31)30-22(32)21-12-17(16-6-5-15(34-3)11-19(16)35-21)29-23(33)25(8-9-25)14-4-7-18-20(10-14)37-26(27,28)36-18/h4-7,10-11,17,21,31H,8-9,12-13H2,1-3H3,(H,29,33)(H,30,32)/t17-,21-/m1/s1. The molecule has 37 heavy (non-hydrogen) atoms. The normalized spacial score (nSPS) is 22.3. The summed E-state index contributed by atoms with van der Waals surface area (Å²) in [6.45, 7) is 3.10. The zero-order chi connectivity index (χ0) is 26.6. The Kier molecular flexibility index (Phi) is 5.93. The number of methoxy groups -OCH3 is 1. The number of aliphatic hydroxyl groups is 1. The monoisotopic (exact) mass is 518 g/mol. The van der Waals surface area contributed by atoms with Crippen molar-refractivity contribution in [1.82, 2.24) is 10.6 Å². The van der Waals surface area contributed by atoms with E-state index in [-0.39, 0.29) is 30.4 Å². The number of amides is 2. The molecule has 2 aromatic rings. The van der Waals surface area contributed by atoms with E-state index in [4.69, 9.17) is 9.47 Å². The van der Waals surface area contributed by atoms with Crippen LogP contribution in [0.25, 0.3) is 0 Å². The summed E-state index contributed by atoms with van der Waals surface area (Å²) in [6.07, 6.45) is -3.46. The number of rotatable bonds is 7. The van der Waals surface area contributed by atoms with Crippen LogP contribution >= 0.6 is 0 Å². The summed E-state index contributed by atoms with van der Waals surface area (Å²) in [5.74, 6) is 0.000822. The summed E-state index contributed by atoms with van der Waals surface area (Å²) >= 11 is 0. The Hall–Kier alpha value is -3.60. The molecule has 0 aromatic heterocycles. The zero-order valence-electron chi connectivity index (χ0n) is 20.6. The number of ether oxygens (including phenoxy) is 4. The van der Waals surface area contributed by atoms with Gasteiger partial charge in [-0.1, -0.05) is 6.07 Å². The first-order valence-corrected chi connectivity index (χ1v) is 11.9. The number of hydrogen-bond donors (Lipinski definition) is 3. The second kappa shape index (κ2) is 8.76. The lowest BCUT2D eigenvalue weighted by Crippen LogP contribution is -2.53. The molecule has 9 nitrogen and oxygen atoms in total. The molecular formula is C26H28F2N2O7. The van der Waals surface area contributed by atoms with E-state index in [0.29, 0.717) is 35.5 Å². The molecule has 0 saturated heterocycles. The molecule has 2 atom stereocenters. The second-order valence-electron chi connectivity index (χ2n) is 10.2. The number of hydrogen-bond acceptors (Lipinski definition) is 7. The average molecular weight is 519 g/mol. The fourth-order valence-electron chi connectivity index (χ4n) is 4.64. The Balaban J connectivity index is 1.39. The largest absolute Gasteiger partial charge is 0.586 e. The van der Waals surface area contributed by atoms with Crippen LogP contribution in [0, 0.1) is 0 Å². The first kappa shape index (κ1) is 25.1. The maximum absolute atomic E-state index is 13.6. The van der Waals surface area contributed by atoms with Crippen LogP contribution in [0.2, 0.25) is 0 Å². The third-order valence-electron chi connectivity index (χ3n) is 6.91. The van der Waals surface area contributed by atoms with Gasteiger partial charge in [0.1, 0.15) is 11.5 Å². The van der Waals surface area contributed by atoms with Crippen molar-refractivity contribution in [2.45, 2.75) is 62.5 Å². The lowest BCUT2D eigenvalue weighted by molar-refractivity contribution is -0.286. The number of nitrogens with one attached hydrogen (secondary N) is 2. The van der Waals surface area contributed by atoms with Crippen LogP contribution < -0.4 is 29.6 Å². The molecule has 1 aliphatic carbocycles. The fraction of sp³-hybridized carbons (Fsp3) is 0.462. The highest BCUT2D eigenvalue weighted by molar-refractivity contribution is 5.92. The van der Waals surface area contributed by atoms with Crippen molar-refractivity contribution < 1.29 is 42.4 Å². The fourth-order valence-corrected chi connectivity index (χ4v) is 4.64. The third kappa shape index (κ3) is 4.75. The smallest absolute Gasteiger partial charge is 0.497 e. The van der Waals surface area contributed by atoms with Crippen molar-refractivity contribution in [3.05, 3.63) is 47.5 Å². The number of benzene rings is 2. The van der Waals surface area contributed by atoms with Gasteiger partial charge in [0, 0.05) is 18.1 Å². The van der Waals surface area contributed by atoms with Gasteiger partial charge in [-0.3, -0.25) is 9.59 Å². The van der Waals surface area contributed by atoms with E-state index in [9.17, 15) is 23.5 Å². The maximum atomic E-state index is 13.6. The van der Waals surface area contributed by atoms with E-state index in [2.05, 4.69) is 20.1 Å². The van der Waals surface area contributed by atoms with Gasteiger partial charge in [-0.2, -0.15) is 0 Å². The van der Waals surface area contributed by atoms with Gasteiger partial charge in [0.25, 0.3) is 5.91 Å². The highest BCUT2D eigenvalue weighted by Gasteiger charge is 2.53. The topological polar surface area (TPSA) is 115 Å². The van der Waals surface area contributed by atoms with Gasteiger partial charge in [0.2, 0.25) is 5.91 Å². The summed E-state index contributed by atoms with van der Waals surface area (Å²) in [7, 11) is 1.51. The van der Waals surface area contributed by atoms with Crippen molar-refractivity contribution in [2.24, 2.45) is 0 Å². The maximum Gasteiger partial charge on any atom is 0.586 e. The summed E-state index contributed by atoms with van der Waals surface area (Å²) in [5.41, 5.74) is -0.535. The van der Waals surface area contributed by atoms with Crippen molar-refractivity contribution in [2.75, 3.05) is 13.7 Å². The molecule has 2 amide bonds. The summed E-state index contributed by atoms with van der Waals surface area (Å²) in [6, 6.07) is 8.97. The van der Waals surface area contributed by atoms with Crippen molar-refractivity contribution in [3.8, 4) is 23.0 Å². The molecule has 1 fully saturated rings. The Labute approximate surface area is 212 Å². The molecule has 1 saturated carbocycles. The lowest BCUT2D eigenvalue weighted by Gasteiger charge is -2.35. The van der Waals surface area contributed by atoms with E-state index in [1.807, 2.05) is 0 Å². The molecule has 198 valence electrons. The zero-order valence-corrected chi connectivity index (χ0v) is 20.6. The van der Waals surface area contributed by atoms with E-state index >= 15 is 0 Å². The van der Waals surface area contributed by atoms with Gasteiger partial charge in [-0.15, -0.1) is 8.78 Å². The number of alkyl halides is 2. The Bertz CT molecular complexity index is 1250. The summed E-state index contributed by atoms with van der Waals surface area (Å²) in [4.78, 5) is 26.6. The third-order valence-corrected chi connectivity index (χ3v) is 6.91. The molecule has 2 aliphatic heterocycles. The molecule has 5 rings (SSSR count). The van der Waals surface area contributed by atoms with E-state index in [0.717, 1.165) is 0 Å². The van der Waals surface area contributed by atoms with Crippen molar-refractivity contribution in [3.63, 3.8) is 0 Å². The van der Waals surface area contributed by atoms with E-state index in [1.165, 1.54) is 19.2 Å². The van der Waals surface area contributed by atoms with Crippen LogP contribution in [0.15, 0.2) is 36.4 Å². The van der Waals surface area contributed by atoms with Crippen LogP contribution in [-0.2, 0) is 15.0 Å². The quantitative estimate of drug-likeness (QED) is 0.516. The van der Waals surface area contributed by atoms with E-state index in [1.54, 1.807) is 38.1 Å². The van der Waals surface area contributed by atoms with Crippen molar-refractivity contribution >= 4 is 11.8 Å². The second-order valence-corrected chi connectivity index (χ2v) is 10.2. The minimum absolute atomic E-state index is 0.0862. The molecule has 11 heteroatoms. The van der Waals surface area contributed by atoms with Gasteiger partial charge in [0.05, 0.1) is 30.7 Å². The van der Waals surface area contributed by atoms with Crippen molar-refractivity contribution in [1.29, 1.82) is 0 Å². The predicted molar refractivity (Wildman–Crippen MR) is 126 cm³/mol. The Morgan fingerprint density at radius 2 is 1.84 bits per heavy atom. The number of halogens is 2. The number of carbonyl (C=O) groups is 2. The Morgan fingerprint density at radius 1 is 1.11 bits per heavy atom. The number of carbonyl (C=O) groups excluding carboxylic acids is 2. The first-order chi connectivity index (χ1) is 17.4. The Morgan fingerprint density at radius 3 is 2.51 bits per heavy atom. The highest BCUT2D eigenvalue weighted by atomic mass is 19.3. The molecule has 2 aromatic carbocycles. The number of fused-ring (bicyclic) bond motifs is 2. The minimum atomic E-state index is -3.74. The number of aliphatic hydroxyl groups excluding tert-OH is 1. The van der Waals surface area contributed by atoms with Gasteiger partial charge >= 0.3 is 6.29 Å². The van der Waals surface area contributed by atoms with Crippen LogP contribution in [0.4, 0.5) is 8.78 Å². The summed E-state index contributed by atoms with van der Waals surface area (Å²) in [5, 5.41) is 15.4. The molecule has 3 N–H and O–H groups in total.